The quantitative estimate of drug-likeness (QED) is 0.787. The monoisotopic (exact) mass is 300 g/mol. The summed E-state index contributed by atoms with van der Waals surface area (Å²) in [6.45, 7) is 5.06. The molecule has 1 saturated heterocycles. The molecular formula is C16H16N2O4. The molecule has 1 N–H and O–H groups in total. The molecule has 0 bridgehead atoms. The van der Waals surface area contributed by atoms with Crippen molar-refractivity contribution in [2.75, 3.05) is 0 Å². The molecule has 4 amide bonds. The van der Waals surface area contributed by atoms with Crippen molar-refractivity contribution < 1.29 is 19.2 Å². The van der Waals surface area contributed by atoms with Crippen LogP contribution >= 0.6 is 0 Å². The van der Waals surface area contributed by atoms with Crippen molar-refractivity contribution in [1.29, 1.82) is 0 Å². The van der Waals surface area contributed by atoms with E-state index in [4.69, 9.17) is 0 Å². The van der Waals surface area contributed by atoms with Crippen LogP contribution in [0.5, 0.6) is 0 Å². The zero-order valence-corrected chi connectivity index (χ0v) is 12.6. The first-order valence-electron chi connectivity index (χ1n) is 7.11. The lowest BCUT2D eigenvalue weighted by molar-refractivity contribution is -0.140. The maximum atomic E-state index is 12.8. The van der Waals surface area contributed by atoms with E-state index >= 15 is 0 Å². The molecule has 6 heteroatoms. The highest BCUT2D eigenvalue weighted by Crippen LogP contribution is 2.36. The molecule has 2 aliphatic rings. The molecule has 0 aromatic heterocycles. The number of aryl methyl sites for hydroxylation is 2. The molecule has 1 fully saturated rings. The Morgan fingerprint density at radius 2 is 1.50 bits per heavy atom. The van der Waals surface area contributed by atoms with Crippen molar-refractivity contribution in [3.8, 4) is 0 Å². The predicted octanol–water partition coefficient (Wildman–Crippen LogP) is 1.09. The van der Waals surface area contributed by atoms with Crippen LogP contribution in [0.15, 0.2) is 12.1 Å². The third-order valence-corrected chi connectivity index (χ3v) is 4.53. The van der Waals surface area contributed by atoms with E-state index in [0.29, 0.717) is 22.3 Å². The van der Waals surface area contributed by atoms with Gasteiger partial charge in [0, 0.05) is 6.42 Å². The summed E-state index contributed by atoms with van der Waals surface area (Å²) < 4.78 is 0. The number of benzene rings is 1. The number of carbonyl (C=O) groups is 4. The molecule has 6 nitrogen and oxygen atoms in total. The van der Waals surface area contributed by atoms with Crippen LogP contribution in [-0.2, 0) is 9.59 Å². The highest BCUT2D eigenvalue weighted by atomic mass is 16.2. The second-order valence-electron chi connectivity index (χ2n) is 6.05. The summed E-state index contributed by atoms with van der Waals surface area (Å²) in [6.07, 6.45) is 0.245. The van der Waals surface area contributed by atoms with Crippen LogP contribution in [0.4, 0.5) is 0 Å². The van der Waals surface area contributed by atoms with E-state index in [2.05, 4.69) is 5.32 Å². The summed E-state index contributed by atoms with van der Waals surface area (Å²) in [6, 6.07) is 3.57. The lowest BCUT2D eigenvalue weighted by Crippen LogP contribution is -2.62. The zero-order chi connectivity index (χ0) is 16.2. The van der Waals surface area contributed by atoms with Gasteiger partial charge in [-0.25, -0.2) is 0 Å². The van der Waals surface area contributed by atoms with Gasteiger partial charge in [0.2, 0.25) is 5.91 Å². The van der Waals surface area contributed by atoms with Crippen molar-refractivity contribution in [3.63, 3.8) is 0 Å². The van der Waals surface area contributed by atoms with Crippen LogP contribution in [0.3, 0.4) is 0 Å². The van der Waals surface area contributed by atoms with Gasteiger partial charge in [0.15, 0.2) is 0 Å². The maximum absolute atomic E-state index is 12.8. The Labute approximate surface area is 127 Å². The molecule has 0 unspecified atom stereocenters. The normalized spacial score (nSPS) is 24.6. The summed E-state index contributed by atoms with van der Waals surface area (Å²) in [5.41, 5.74) is 0.793. The first-order valence-corrected chi connectivity index (χ1v) is 7.11. The number of carbonyl (C=O) groups excluding carboxylic acids is 4. The topological polar surface area (TPSA) is 83.6 Å². The van der Waals surface area contributed by atoms with E-state index in [0.717, 1.165) is 4.90 Å². The summed E-state index contributed by atoms with van der Waals surface area (Å²) >= 11 is 0. The van der Waals surface area contributed by atoms with Gasteiger partial charge in [0.25, 0.3) is 17.7 Å². The fraction of sp³-hybridized carbons (Fsp3) is 0.375. The van der Waals surface area contributed by atoms with Crippen molar-refractivity contribution in [1.82, 2.24) is 10.2 Å². The lowest BCUT2D eigenvalue weighted by Gasteiger charge is -2.38. The van der Waals surface area contributed by atoms with Gasteiger partial charge in [-0.1, -0.05) is 12.1 Å². The zero-order valence-electron chi connectivity index (χ0n) is 12.6. The molecule has 114 valence electrons. The van der Waals surface area contributed by atoms with Gasteiger partial charge in [-0.05, 0) is 38.3 Å². The molecule has 1 aromatic rings. The van der Waals surface area contributed by atoms with E-state index in [9.17, 15) is 19.2 Å². The van der Waals surface area contributed by atoms with Crippen molar-refractivity contribution in [2.45, 2.75) is 39.2 Å². The fourth-order valence-electron chi connectivity index (χ4n) is 3.13. The number of hydrogen-bond acceptors (Lipinski definition) is 4. The molecule has 0 aliphatic carbocycles. The van der Waals surface area contributed by atoms with Gasteiger partial charge in [0.05, 0.1) is 11.1 Å². The molecule has 0 radical (unpaired) electrons. The molecular weight excluding hydrogens is 284 g/mol. The number of rotatable bonds is 1. The first kappa shape index (κ1) is 14.4. The molecule has 1 aromatic carbocycles. The number of amides is 4. The molecule has 0 spiro atoms. The van der Waals surface area contributed by atoms with Crippen molar-refractivity contribution >= 4 is 23.6 Å². The van der Waals surface area contributed by atoms with Crippen LogP contribution in [0.25, 0.3) is 0 Å². The number of nitrogens with one attached hydrogen (secondary N) is 1. The Bertz CT molecular complexity index is 712. The number of fused-ring (bicyclic) bond motifs is 1. The highest BCUT2D eigenvalue weighted by molar-refractivity contribution is 6.25. The van der Waals surface area contributed by atoms with Gasteiger partial charge in [0.1, 0.15) is 5.54 Å². The Kier molecular flexibility index (Phi) is 2.95. The van der Waals surface area contributed by atoms with Gasteiger partial charge in [-0.3, -0.25) is 29.4 Å². The van der Waals surface area contributed by atoms with E-state index in [1.54, 1.807) is 26.0 Å². The Balaban J connectivity index is 2.12. The van der Waals surface area contributed by atoms with Crippen LogP contribution in [0.2, 0.25) is 0 Å². The van der Waals surface area contributed by atoms with Crippen LogP contribution in [-0.4, -0.2) is 34.1 Å². The van der Waals surface area contributed by atoms with Crippen molar-refractivity contribution in [2.24, 2.45) is 0 Å². The minimum atomic E-state index is -1.33. The SMILES string of the molecule is Cc1ccc(C)c2c1C(=O)N([C@@]1(C)CCC(=O)NC1=O)C2=O. The summed E-state index contributed by atoms with van der Waals surface area (Å²) in [5, 5.41) is 2.22. The Morgan fingerprint density at radius 1 is 1.00 bits per heavy atom. The number of piperidine rings is 1. The smallest absolute Gasteiger partial charge is 0.262 e. The largest absolute Gasteiger partial charge is 0.294 e. The second-order valence-corrected chi connectivity index (χ2v) is 6.05. The average molecular weight is 300 g/mol. The molecule has 0 saturated carbocycles. The Hall–Kier alpha value is -2.50. The van der Waals surface area contributed by atoms with Crippen LogP contribution in [0.1, 0.15) is 51.6 Å². The van der Waals surface area contributed by atoms with E-state index in [1.807, 2.05) is 0 Å². The number of hydrogen-bond donors (Lipinski definition) is 1. The standard InChI is InChI=1S/C16H16N2O4/c1-8-4-5-9(2)12-11(8)13(20)18(14(12)21)16(3)7-6-10(19)17-15(16)22/h4-5H,6-7H2,1-3H3,(H,17,19,22)/t16-/m0/s1. The number of nitrogens with zero attached hydrogens (tertiary/aromatic N) is 1. The van der Waals surface area contributed by atoms with Gasteiger partial charge >= 0.3 is 0 Å². The Morgan fingerprint density at radius 3 is 1.95 bits per heavy atom. The maximum Gasteiger partial charge on any atom is 0.262 e. The molecule has 2 aliphatic heterocycles. The minimum absolute atomic E-state index is 0.105. The van der Waals surface area contributed by atoms with E-state index < -0.39 is 23.3 Å². The van der Waals surface area contributed by atoms with Crippen LogP contribution < -0.4 is 5.32 Å². The third kappa shape index (κ3) is 1.73. The average Bonchev–Trinajstić information content (AvgIpc) is 2.72. The van der Waals surface area contributed by atoms with Gasteiger partial charge < -0.3 is 0 Å². The minimum Gasteiger partial charge on any atom is -0.294 e. The molecule has 22 heavy (non-hydrogen) atoms. The summed E-state index contributed by atoms with van der Waals surface area (Å²) in [7, 11) is 0. The van der Waals surface area contributed by atoms with Gasteiger partial charge in [-0.2, -0.15) is 0 Å². The van der Waals surface area contributed by atoms with E-state index in [-0.39, 0.29) is 18.7 Å². The summed E-state index contributed by atoms with van der Waals surface area (Å²) in [5.74, 6) is -1.92. The molecule has 3 rings (SSSR count). The third-order valence-electron chi connectivity index (χ3n) is 4.53. The van der Waals surface area contributed by atoms with E-state index in [1.165, 1.54) is 6.92 Å². The van der Waals surface area contributed by atoms with Crippen LogP contribution in [0, 0.1) is 13.8 Å². The predicted molar refractivity (Wildman–Crippen MR) is 77.2 cm³/mol. The fourth-order valence-corrected chi connectivity index (χ4v) is 3.13. The first-order chi connectivity index (χ1) is 10.3. The molecule has 1 atom stereocenters. The van der Waals surface area contributed by atoms with Crippen molar-refractivity contribution in [3.05, 3.63) is 34.4 Å². The highest BCUT2D eigenvalue weighted by Gasteiger charge is 2.53. The molecule has 2 heterocycles. The van der Waals surface area contributed by atoms with Gasteiger partial charge in [-0.15, -0.1) is 0 Å². The lowest BCUT2D eigenvalue weighted by atomic mass is 9.89. The number of imide groups is 2. The second kappa shape index (κ2) is 4.50. The summed E-state index contributed by atoms with van der Waals surface area (Å²) in [4.78, 5) is 50.1.